The zero-order valence-corrected chi connectivity index (χ0v) is 9.79. The van der Waals surface area contributed by atoms with E-state index in [9.17, 15) is 0 Å². The predicted molar refractivity (Wildman–Crippen MR) is 65.5 cm³/mol. The summed E-state index contributed by atoms with van der Waals surface area (Å²) in [5.74, 6) is 0.804. The van der Waals surface area contributed by atoms with Gasteiger partial charge in [-0.25, -0.2) is 0 Å². The molecule has 5 N–H and O–H groups in total. The Morgan fingerprint density at radius 1 is 1.50 bits per heavy atom. The molecule has 0 aliphatic heterocycles. The van der Waals surface area contributed by atoms with Gasteiger partial charge in [-0.1, -0.05) is 11.6 Å². The molecule has 0 bridgehead atoms. The van der Waals surface area contributed by atoms with Crippen molar-refractivity contribution < 1.29 is 4.74 Å². The van der Waals surface area contributed by atoms with Crippen LogP contribution in [0.4, 0.5) is 0 Å². The summed E-state index contributed by atoms with van der Waals surface area (Å²) < 4.78 is 5.50. The van der Waals surface area contributed by atoms with Gasteiger partial charge in [0.25, 0.3) is 0 Å². The highest BCUT2D eigenvalue weighted by Gasteiger charge is 1.99. The van der Waals surface area contributed by atoms with Crippen molar-refractivity contribution in [2.75, 3.05) is 13.2 Å². The van der Waals surface area contributed by atoms with Gasteiger partial charge in [-0.2, -0.15) is 0 Å². The number of hydrogen-bond acceptors (Lipinski definition) is 3. The van der Waals surface area contributed by atoms with E-state index in [4.69, 9.17) is 27.8 Å². The third-order valence-electron chi connectivity index (χ3n) is 1.82. The molecule has 0 aliphatic rings. The van der Waals surface area contributed by atoms with Gasteiger partial charge >= 0.3 is 0 Å². The summed E-state index contributed by atoms with van der Waals surface area (Å²) in [6.07, 6.45) is 0. The predicted octanol–water partition coefficient (Wildman–Crippen LogP) is 0.805. The van der Waals surface area contributed by atoms with E-state index in [-0.39, 0.29) is 5.96 Å². The SMILES string of the molecule is Cc1cc(Cl)ccc1OCCNN=C(N)N. The van der Waals surface area contributed by atoms with Crippen LogP contribution in [0.25, 0.3) is 0 Å². The number of rotatable bonds is 5. The maximum atomic E-state index is 5.82. The Kier molecular flexibility index (Phi) is 4.72. The van der Waals surface area contributed by atoms with E-state index in [1.807, 2.05) is 19.1 Å². The molecule has 0 aromatic heterocycles. The fourth-order valence-electron chi connectivity index (χ4n) is 1.13. The lowest BCUT2D eigenvalue weighted by molar-refractivity contribution is 0.313. The first-order chi connectivity index (χ1) is 7.59. The second-order valence-electron chi connectivity index (χ2n) is 3.20. The number of benzene rings is 1. The van der Waals surface area contributed by atoms with E-state index >= 15 is 0 Å². The minimum absolute atomic E-state index is 0.00248. The minimum Gasteiger partial charge on any atom is -0.491 e. The molecule has 0 radical (unpaired) electrons. The molecular formula is C10H15ClN4O. The molecule has 5 nitrogen and oxygen atoms in total. The van der Waals surface area contributed by atoms with E-state index in [0.29, 0.717) is 18.2 Å². The van der Waals surface area contributed by atoms with Crippen molar-refractivity contribution in [3.63, 3.8) is 0 Å². The number of hydrazone groups is 1. The number of guanidine groups is 1. The highest BCUT2D eigenvalue weighted by Crippen LogP contribution is 2.21. The summed E-state index contributed by atoms with van der Waals surface area (Å²) in [7, 11) is 0. The first-order valence-electron chi connectivity index (χ1n) is 4.80. The number of nitrogens with one attached hydrogen (secondary N) is 1. The van der Waals surface area contributed by atoms with Gasteiger partial charge in [0.1, 0.15) is 12.4 Å². The first-order valence-corrected chi connectivity index (χ1v) is 5.18. The second-order valence-corrected chi connectivity index (χ2v) is 3.64. The topological polar surface area (TPSA) is 85.7 Å². The average Bonchev–Trinajstić information content (AvgIpc) is 2.20. The molecule has 0 spiro atoms. The quantitative estimate of drug-likeness (QED) is 0.309. The molecule has 1 aromatic carbocycles. The number of nitrogens with zero attached hydrogens (tertiary/aromatic N) is 1. The molecule has 6 heteroatoms. The largest absolute Gasteiger partial charge is 0.491 e. The van der Waals surface area contributed by atoms with Gasteiger partial charge in [0, 0.05) is 5.02 Å². The van der Waals surface area contributed by atoms with Crippen LogP contribution in [0.3, 0.4) is 0 Å². The molecule has 0 atom stereocenters. The summed E-state index contributed by atoms with van der Waals surface area (Å²) >= 11 is 5.82. The van der Waals surface area contributed by atoms with Crippen LogP contribution in [0.1, 0.15) is 5.56 Å². The van der Waals surface area contributed by atoms with Crippen molar-refractivity contribution in [1.29, 1.82) is 0 Å². The summed E-state index contributed by atoms with van der Waals surface area (Å²) in [5.41, 5.74) is 13.9. The Hall–Kier alpha value is -1.62. The molecule has 0 heterocycles. The number of halogens is 1. The molecule has 0 saturated heterocycles. The van der Waals surface area contributed by atoms with Crippen molar-refractivity contribution in [2.24, 2.45) is 16.6 Å². The lowest BCUT2D eigenvalue weighted by atomic mass is 10.2. The third kappa shape index (κ3) is 4.27. The zero-order valence-electron chi connectivity index (χ0n) is 9.03. The fourth-order valence-corrected chi connectivity index (χ4v) is 1.36. The minimum atomic E-state index is 0.00248. The van der Waals surface area contributed by atoms with Crippen LogP contribution in [0.5, 0.6) is 5.75 Å². The normalized spacial score (nSPS) is 9.62. The molecular weight excluding hydrogens is 228 g/mol. The van der Waals surface area contributed by atoms with Gasteiger partial charge < -0.3 is 21.6 Å². The fraction of sp³-hybridized carbons (Fsp3) is 0.300. The van der Waals surface area contributed by atoms with Gasteiger partial charge in [-0.3, -0.25) is 0 Å². The van der Waals surface area contributed by atoms with Gasteiger partial charge in [0.2, 0.25) is 5.96 Å². The Balaban J connectivity index is 2.35. The highest BCUT2D eigenvalue weighted by atomic mass is 35.5. The van der Waals surface area contributed by atoms with Crippen LogP contribution in [0.15, 0.2) is 23.3 Å². The highest BCUT2D eigenvalue weighted by molar-refractivity contribution is 6.30. The van der Waals surface area contributed by atoms with E-state index < -0.39 is 0 Å². The van der Waals surface area contributed by atoms with Gasteiger partial charge in [0.15, 0.2) is 0 Å². The van der Waals surface area contributed by atoms with Gasteiger partial charge in [0.05, 0.1) is 6.54 Å². The van der Waals surface area contributed by atoms with E-state index in [1.165, 1.54) is 0 Å². The molecule has 1 rings (SSSR count). The summed E-state index contributed by atoms with van der Waals surface area (Å²) in [4.78, 5) is 0. The molecule has 0 unspecified atom stereocenters. The van der Waals surface area contributed by atoms with E-state index in [0.717, 1.165) is 11.3 Å². The number of hydrogen-bond donors (Lipinski definition) is 3. The van der Waals surface area contributed by atoms with E-state index in [2.05, 4.69) is 10.5 Å². The van der Waals surface area contributed by atoms with Gasteiger partial charge in [-0.15, -0.1) is 5.10 Å². The number of nitrogens with two attached hydrogens (primary N) is 2. The van der Waals surface area contributed by atoms with Crippen molar-refractivity contribution in [2.45, 2.75) is 6.92 Å². The number of aryl methyl sites for hydroxylation is 1. The monoisotopic (exact) mass is 242 g/mol. The van der Waals surface area contributed by atoms with Crippen LogP contribution < -0.4 is 21.6 Å². The molecule has 1 aromatic rings. The van der Waals surface area contributed by atoms with Crippen molar-refractivity contribution in [3.05, 3.63) is 28.8 Å². The van der Waals surface area contributed by atoms with Crippen molar-refractivity contribution in [1.82, 2.24) is 5.43 Å². The lowest BCUT2D eigenvalue weighted by Crippen LogP contribution is -2.27. The van der Waals surface area contributed by atoms with Crippen LogP contribution in [-0.2, 0) is 0 Å². The summed E-state index contributed by atoms with van der Waals surface area (Å²) in [5, 5.41) is 4.31. The maximum absolute atomic E-state index is 5.82. The molecule has 0 saturated carbocycles. The first kappa shape index (κ1) is 12.4. The second kappa shape index (κ2) is 6.07. The zero-order chi connectivity index (χ0) is 12.0. The Morgan fingerprint density at radius 2 is 2.25 bits per heavy atom. The van der Waals surface area contributed by atoms with Crippen LogP contribution in [-0.4, -0.2) is 19.1 Å². The number of ether oxygens (including phenoxy) is 1. The Labute approximate surface area is 99.4 Å². The van der Waals surface area contributed by atoms with E-state index in [1.54, 1.807) is 6.07 Å². The Morgan fingerprint density at radius 3 is 2.88 bits per heavy atom. The smallest absolute Gasteiger partial charge is 0.208 e. The summed E-state index contributed by atoms with van der Waals surface area (Å²) in [6.45, 7) is 2.93. The molecule has 0 aliphatic carbocycles. The van der Waals surface area contributed by atoms with Crippen molar-refractivity contribution >= 4 is 17.6 Å². The Bertz CT molecular complexity index is 377. The molecule has 0 fully saturated rings. The average molecular weight is 243 g/mol. The van der Waals surface area contributed by atoms with Crippen LogP contribution in [0, 0.1) is 6.92 Å². The van der Waals surface area contributed by atoms with Crippen LogP contribution in [0.2, 0.25) is 5.02 Å². The lowest BCUT2D eigenvalue weighted by Gasteiger charge is -2.08. The van der Waals surface area contributed by atoms with Crippen LogP contribution >= 0.6 is 11.6 Å². The third-order valence-corrected chi connectivity index (χ3v) is 2.05. The van der Waals surface area contributed by atoms with Crippen molar-refractivity contribution in [3.8, 4) is 5.75 Å². The molecule has 16 heavy (non-hydrogen) atoms. The molecule has 88 valence electrons. The molecule has 0 amide bonds. The standard InChI is InChI=1S/C10H15ClN4O/c1-7-6-8(11)2-3-9(7)16-5-4-14-15-10(12)13/h2-3,6,14H,4-5H2,1H3,(H4,12,13,15). The van der Waals surface area contributed by atoms with Gasteiger partial charge in [-0.05, 0) is 30.7 Å². The summed E-state index contributed by atoms with van der Waals surface area (Å²) in [6, 6.07) is 5.46. The maximum Gasteiger partial charge on any atom is 0.208 e.